The summed E-state index contributed by atoms with van der Waals surface area (Å²) in [7, 11) is 0. The zero-order valence-corrected chi connectivity index (χ0v) is 18.1. The molecule has 2 atom stereocenters. The van der Waals surface area contributed by atoms with Gasteiger partial charge >= 0.3 is 0 Å². The van der Waals surface area contributed by atoms with Crippen molar-refractivity contribution in [3.8, 4) is 0 Å². The predicted molar refractivity (Wildman–Crippen MR) is 122 cm³/mol. The molecular weight excluding hydrogens is 418 g/mol. The number of amides is 1. The first-order chi connectivity index (χ1) is 14.7. The lowest BCUT2D eigenvalue weighted by molar-refractivity contribution is -0.00465. The van der Waals surface area contributed by atoms with Crippen LogP contribution in [0.4, 0.5) is 10.8 Å². The Morgan fingerprint density at radius 1 is 1.10 bits per heavy atom. The number of carbonyl (C=O) groups is 1. The molecule has 5 nitrogen and oxygen atoms in total. The molecule has 0 spiro atoms. The van der Waals surface area contributed by atoms with Gasteiger partial charge in [-0.3, -0.25) is 4.79 Å². The maximum absolute atomic E-state index is 12.8. The smallest absolute Gasteiger partial charge is 0.271 e. The fourth-order valence-electron chi connectivity index (χ4n) is 3.57. The summed E-state index contributed by atoms with van der Waals surface area (Å²) < 4.78 is 6.16. The number of hydrogen-bond donors (Lipinski definition) is 2. The molecule has 1 aliphatic rings. The van der Waals surface area contributed by atoms with Crippen LogP contribution in [-0.4, -0.2) is 23.0 Å². The first-order valence-electron chi connectivity index (χ1n) is 10.1. The van der Waals surface area contributed by atoms with Gasteiger partial charge in [-0.25, -0.2) is 4.98 Å². The van der Waals surface area contributed by atoms with E-state index in [9.17, 15) is 4.79 Å². The van der Waals surface area contributed by atoms with Gasteiger partial charge < -0.3 is 15.4 Å². The summed E-state index contributed by atoms with van der Waals surface area (Å²) in [5.74, 6) is -0.157. The molecular formula is C23H24ClN3O2S. The van der Waals surface area contributed by atoms with Crippen LogP contribution in [0.3, 0.4) is 0 Å². The van der Waals surface area contributed by atoms with Crippen LogP contribution >= 0.6 is 22.9 Å². The van der Waals surface area contributed by atoms with Crippen LogP contribution in [0.2, 0.25) is 5.02 Å². The molecule has 156 valence electrons. The second-order valence-corrected chi connectivity index (χ2v) is 8.66. The third-order valence-electron chi connectivity index (χ3n) is 5.16. The van der Waals surface area contributed by atoms with Crippen molar-refractivity contribution in [3.63, 3.8) is 0 Å². The minimum Gasteiger partial charge on any atom is -0.371 e. The van der Waals surface area contributed by atoms with Crippen LogP contribution in [0.5, 0.6) is 0 Å². The molecule has 1 heterocycles. The molecule has 4 rings (SSSR count). The predicted octanol–water partition coefficient (Wildman–Crippen LogP) is 5.80. The highest BCUT2D eigenvalue weighted by atomic mass is 35.5. The molecule has 2 aromatic carbocycles. The summed E-state index contributed by atoms with van der Waals surface area (Å²) in [5, 5.41) is 9.46. The molecule has 0 radical (unpaired) electrons. The van der Waals surface area contributed by atoms with Gasteiger partial charge in [0.1, 0.15) is 5.69 Å². The molecule has 1 aliphatic carbocycles. The molecule has 0 aliphatic heterocycles. The molecule has 3 aromatic rings. The molecule has 30 heavy (non-hydrogen) atoms. The zero-order valence-electron chi connectivity index (χ0n) is 16.5. The van der Waals surface area contributed by atoms with Gasteiger partial charge in [-0.05, 0) is 42.7 Å². The number of benzene rings is 2. The number of nitrogens with zero attached hydrogens (tertiary/aromatic N) is 1. The summed E-state index contributed by atoms with van der Waals surface area (Å²) >= 11 is 7.32. The second-order valence-electron chi connectivity index (χ2n) is 7.37. The Morgan fingerprint density at radius 3 is 2.67 bits per heavy atom. The van der Waals surface area contributed by atoms with E-state index in [4.69, 9.17) is 16.3 Å². The summed E-state index contributed by atoms with van der Waals surface area (Å²) in [5.41, 5.74) is 2.44. The quantitative estimate of drug-likeness (QED) is 0.486. The molecule has 7 heteroatoms. The van der Waals surface area contributed by atoms with E-state index in [-0.39, 0.29) is 18.1 Å². The first-order valence-corrected chi connectivity index (χ1v) is 11.4. The molecule has 2 N–H and O–H groups in total. The number of nitrogens with one attached hydrogen (secondary N) is 2. The van der Waals surface area contributed by atoms with E-state index < -0.39 is 0 Å². The highest BCUT2D eigenvalue weighted by Gasteiger charge is 2.28. The van der Waals surface area contributed by atoms with Gasteiger partial charge in [0.2, 0.25) is 0 Å². The van der Waals surface area contributed by atoms with Crippen LogP contribution in [0, 0.1) is 0 Å². The number of carbonyl (C=O) groups excluding carboxylic acids is 1. The van der Waals surface area contributed by atoms with Gasteiger partial charge in [0.25, 0.3) is 5.91 Å². The second kappa shape index (κ2) is 10.1. The van der Waals surface area contributed by atoms with E-state index in [1.165, 1.54) is 11.3 Å². The average molecular weight is 442 g/mol. The zero-order chi connectivity index (χ0) is 20.8. The van der Waals surface area contributed by atoms with E-state index >= 15 is 0 Å². The highest BCUT2D eigenvalue weighted by Crippen LogP contribution is 2.25. The van der Waals surface area contributed by atoms with Crippen molar-refractivity contribution in [1.82, 2.24) is 10.3 Å². The van der Waals surface area contributed by atoms with Crippen LogP contribution in [0.15, 0.2) is 60.0 Å². The van der Waals surface area contributed by atoms with Crippen molar-refractivity contribution in [3.05, 3.63) is 76.3 Å². The number of anilines is 2. The molecule has 0 saturated heterocycles. The molecule has 1 amide bonds. The lowest BCUT2D eigenvalue weighted by Gasteiger charge is -2.32. The summed E-state index contributed by atoms with van der Waals surface area (Å²) in [4.78, 5) is 17.2. The number of rotatable bonds is 7. The van der Waals surface area contributed by atoms with Gasteiger partial charge in [-0.1, -0.05) is 54.8 Å². The summed E-state index contributed by atoms with van der Waals surface area (Å²) in [6, 6.07) is 17.5. The Bertz CT molecular complexity index is 962. The Balaban J connectivity index is 1.34. The maximum atomic E-state index is 12.8. The van der Waals surface area contributed by atoms with Crippen molar-refractivity contribution in [2.24, 2.45) is 0 Å². The Morgan fingerprint density at radius 2 is 1.87 bits per heavy atom. The van der Waals surface area contributed by atoms with E-state index in [0.717, 1.165) is 36.9 Å². The van der Waals surface area contributed by atoms with Gasteiger partial charge in [0.05, 0.1) is 18.8 Å². The maximum Gasteiger partial charge on any atom is 0.271 e. The number of aromatic nitrogens is 1. The van der Waals surface area contributed by atoms with E-state index in [2.05, 4.69) is 27.8 Å². The average Bonchev–Trinajstić information content (AvgIpc) is 3.24. The molecule has 1 aromatic heterocycles. The Labute approximate surface area is 185 Å². The van der Waals surface area contributed by atoms with Crippen LogP contribution in [0.1, 0.15) is 41.7 Å². The summed E-state index contributed by atoms with van der Waals surface area (Å²) in [6.45, 7) is 0.559. The van der Waals surface area contributed by atoms with Crippen molar-refractivity contribution in [2.45, 2.75) is 44.4 Å². The van der Waals surface area contributed by atoms with Crippen LogP contribution in [0.25, 0.3) is 0 Å². The number of hydrogen-bond acceptors (Lipinski definition) is 5. The molecule has 1 fully saturated rings. The third-order valence-corrected chi connectivity index (χ3v) is 6.17. The fraction of sp³-hybridized carbons (Fsp3) is 0.304. The monoisotopic (exact) mass is 441 g/mol. The topological polar surface area (TPSA) is 63.2 Å². The largest absolute Gasteiger partial charge is 0.371 e. The van der Waals surface area contributed by atoms with Crippen molar-refractivity contribution < 1.29 is 9.53 Å². The number of thiazole rings is 1. The number of ether oxygens (including phenoxy) is 1. The van der Waals surface area contributed by atoms with Crippen molar-refractivity contribution in [2.75, 3.05) is 5.32 Å². The lowest BCUT2D eigenvalue weighted by atomic mass is 9.92. The van der Waals surface area contributed by atoms with Crippen molar-refractivity contribution >= 4 is 39.7 Å². The Kier molecular flexibility index (Phi) is 7.00. The minimum absolute atomic E-state index is 0.00402. The molecule has 0 bridgehead atoms. The standard InChI is InChI=1S/C23H24ClN3O2S/c24-17-10-12-18(13-11-17)25-23-27-20(15-30-23)22(28)26-19-8-4-5-9-21(19)29-14-16-6-2-1-3-7-16/h1-3,6-7,10-13,15,19,21H,4-5,8-9,14H2,(H,25,27)(H,26,28)/t19-,21-/m0/s1. The van der Waals surface area contributed by atoms with E-state index in [1.54, 1.807) is 5.38 Å². The van der Waals surface area contributed by atoms with Crippen molar-refractivity contribution in [1.29, 1.82) is 0 Å². The summed E-state index contributed by atoms with van der Waals surface area (Å²) in [6.07, 6.45) is 4.12. The third kappa shape index (κ3) is 5.59. The molecule has 1 saturated carbocycles. The van der Waals surface area contributed by atoms with Gasteiger partial charge in [-0.15, -0.1) is 11.3 Å². The van der Waals surface area contributed by atoms with Crippen LogP contribution < -0.4 is 10.6 Å². The minimum atomic E-state index is -0.157. The number of halogens is 1. The Hall–Kier alpha value is -2.41. The molecule has 0 unspecified atom stereocenters. The van der Waals surface area contributed by atoms with E-state index in [0.29, 0.717) is 22.5 Å². The van der Waals surface area contributed by atoms with E-state index in [1.807, 2.05) is 42.5 Å². The highest BCUT2D eigenvalue weighted by molar-refractivity contribution is 7.14. The normalized spacial score (nSPS) is 18.7. The first kappa shape index (κ1) is 20.8. The van der Waals surface area contributed by atoms with Gasteiger partial charge in [0, 0.05) is 16.1 Å². The SMILES string of the molecule is O=C(N[C@H]1CCCC[C@@H]1OCc1ccccc1)c1csc(Nc2ccc(Cl)cc2)n1. The van der Waals surface area contributed by atoms with Crippen LogP contribution in [-0.2, 0) is 11.3 Å². The van der Waals surface area contributed by atoms with Gasteiger partial charge in [0.15, 0.2) is 5.13 Å². The fourth-order valence-corrected chi connectivity index (χ4v) is 4.41. The van der Waals surface area contributed by atoms with Gasteiger partial charge in [-0.2, -0.15) is 0 Å². The lowest BCUT2D eigenvalue weighted by Crippen LogP contribution is -2.46.